The summed E-state index contributed by atoms with van der Waals surface area (Å²) in [4.78, 5) is 0. The van der Waals surface area contributed by atoms with Crippen LogP contribution in [0.15, 0.2) is 146 Å². The van der Waals surface area contributed by atoms with Gasteiger partial charge < -0.3 is 0 Å². The Hall–Kier alpha value is -5.72. The van der Waals surface area contributed by atoms with Gasteiger partial charge in [0.15, 0.2) is 0 Å². The lowest BCUT2D eigenvalue weighted by atomic mass is 9.86. The lowest BCUT2D eigenvalue weighted by Crippen LogP contribution is -1.99. The van der Waals surface area contributed by atoms with Gasteiger partial charge in [-0.25, -0.2) is 0 Å². The molecule has 0 heterocycles. The summed E-state index contributed by atoms with van der Waals surface area (Å²) < 4.78 is 0. The first kappa shape index (κ1) is 32.2. The molecular weight excluding hydrogens is 625 g/mol. The quantitative estimate of drug-likeness (QED) is 0.151. The minimum absolute atomic E-state index is 0.990. The normalized spacial score (nSPS) is 16.8. The van der Waals surface area contributed by atoms with E-state index in [9.17, 15) is 0 Å². The van der Waals surface area contributed by atoms with Crippen LogP contribution in [0.4, 0.5) is 0 Å². The average molecular weight is 669 g/mol. The molecule has 0 heteroatoms. The Morgan fingerprint density at radius 1 is 0.231 bits per heavy atom. The minimum Gasteiger partial charge on any atom is -0.0616 e. The molecule has 0 saturated heterocycles. The highest BCUT2D eigenvalue weighted by Crippen LogP contribution is 2.39. The van der Waals surface area contributed by atoms with Crippen molar-refractivity contribution in [1.82, 2.24) is 0 Å². The molecule has 8 bridgehead atoms. The molecule has 0 spiro atoms. The van der Waals surface area contributed by atoms with E-state index >= 15 is 0 Å². The Labute approximate surface area is 307 Å². The van der Waals surface area contributed by atoms with E-state index in [-0.39, 0.29) is 0 Å². The molecule has 0 fully saturated rings. The van der Waals surface area contributed by atoms with E-state index < -0.39 is 0 Å². The second kappa shape index (κ2) is 13.1. The molecule has 0 aromatic heterocycles. The van der Waals surface area contributed by atoms with E-state index in [0.717, 1.165) is 25.7 Å². The van der Waals surface area contributed by atoms with Crippen LogP contribution in [0.1, 0.15) is 72.2 Å². The van der Waals surface area contributed by atoms with Crippen molar-refractivity contribution in [2.75, 3.05) is 0 Å². The lowest BCUT2D eigenvalue weighted by Gasteiger charge is -2.19. The molecule has 0 nitrogen and oxygen atoms in total. The van der Waals surface area contributed by atoms with Crippen molar-refractivity contribution in [2.24, 2.45) is 0 Å². The third kappa shape index (κ3) is 5.37. The molecule has 0 N–H and O–H groups in total. The molecule has 0 amide bonds. The van der Waals surface area contributed by atoms with E-state index in [4.69, 9.17) is 0 Å². The van der Waals surface area contributed by atoms with E-state index in [2.05, 4.69) is 173 Å². The van der Waals surface area contributed by atoms with Gasteiger partial charge in [0, 0.05) is 0 Å². The molecule has 8 aromatic rings. The maximum absolute atomic E-state index is 2.39. The molecule has 52 heavy (non-hydrogen) atoms. The second-order valence-corrected chi connectivity index (χ2v) is 14.8. The summed E-state index contributed by atoms with van der Waals surface area (Å²) in [7, 11) is 0. The fourth-order valence-electron chi connectivity index (χ4n) is 8.97. The van der Waals surface area contributed by atoms with Gasteiger partial charge in [-0.15, -0.1) is 0 Å². The molecule has 8 aromatic carbocycles. The summed E-state index contributed by atoms with van der Waals surface area (Å²) in [6.45, 7) is 9.24. The predicted molar refractivity (Wildman–Crippen MR) is 227 cm³/mol. The smallest absolute Gasteiger partial charge is 0.0106 e. The van der Waals surface area contributed by atoms with E-state index in [1.807, 2.05) is 0 Å². The highest BCUT2D eigenvalue weighted by Gasteiger charge is 2.17. The molecule has 0 aliphatic heterocycles. The Balaban J connectivity index is 1.28. The summed E-state index contributed by atoms with van der Waals surface area (Å²) in [6, 6.07) is 55.1. The first-order chi connectivity index (χ1) is 25.5. The van der Waals surface area contributed by atoms with Gasteiger partial charge in [-0.2, -0.15) is 0 Å². The molecule has 9 rings (SSSR count). The highest BCUT2D eigenvalue weighted by atomic mass is 14.2. The van der Waals surface area contributed by atoms with Crippen LogP contribution in [-0.4, -0.2) is 0 Å². The summed E-state index contributed by atoms with van der Waals surface area (Å²) >= 11 is 0. The number of hydrogen-bond acceptors (Lipinski definition) is 0. The van der Waals surface area contributed by atoms with Crippen LogP contribution < -0.4 is 0 Å². The Kier molecular flexibility index (Phi) is 8.12. The van der Waals surface area contributed by atoms with Gasteiger partial charge in [0.1, 0.15) is 0 Å². The maximum Gasteiger partial charge on any atom is -0.0106 e. The molecule has 1 aliphatic carbocycles. The molecule has 0 atom stereocenters. The largest absolute Gasteiger partial charge is 0.0616 e. The van der Waals surface area contributed by atoms with Gasteiger partial charge in [0.25, 0.3) is 0 Å². The Morgan fingerprint density at radius 3 is 0.635 bits per heavy atom. The summed E-state index contributed by atoms with van der Waals surface area (Å²) in [5.41, 5.74) is 16.3. The van der Waals surface area contributed by atoms with Crippen LogP contribution in [0.5, 0.6) is 0 Å². The van der Waals surface area contributed by atoms with Crippen molar-refractivity contribution in [3.63, 3.8) is 0 Å². The van der Waals surface area contributed by atoms with Crippen molar-refractivity contribution < 1.29 is 0 Å². The third-order valence-corrected chi connectivity index (χ3v) is 12.1. The highest BCUT2D eigenvalue weighted by molar-refractivity contribution is 6.07. The van der Waals surface area contributed by atoms with Gasteiger partial charge in [-0.1, -0.05) is 146 Å². The minimum atomic E-state index is 0.990. The topological polar surface area (TPSA) is 0 Å². The molecule has 0 radical (unpaired) electrons. The summed E-state index contributed by atoms with van der Waals surface area (Å²) in [5.74, 6) is 0. The number of benzene rings is 8. The van der Waals surface area contributed by atoms with E-state index in [0.29, 0.717) is 0 Å². The Bertz CT molecular complexity index is 2380. The van der Waals surface area contributed by atoms with Gasteiger partial charge in [0.05, 0.1) is 0 Å². The monoisotopic (exact) mass is 668 g/mol. The third-order valence-electron chi connectivity index (χ3n) is 12.1. The first-order valence-electron chi connectivity index (χ1n) is 18.9. The summed E-state index contributed by atoms with van der Waals surface area (Å²) in [5, 5.41) is 10.8. The van der Waals surface area contributed by atoms with E-state index in [1.54, 1.807) is 0 Å². The zero-order chi connectivity index (χ0) is 35.3. The van der Waals surface area contributed by atoms with Crippen LogP contribution in [0.25, 0.3) is 65.4 Å². The number of fused-ring (bicyclic) bond motifs is 24. The van der Waals surface area contributed by atoms with Gasteiger partial charge in [0.2, 0.25) is 0 Å². The number of hydrogen-bond donors (Lipinski definition) is 0. The van der Waals surface area contributed by atoms with Crippen LogP contribution in [0, 0.1) is 0 Å². The first-order valence-corrected chi connectivity index (χ1v) is 18.9. The molecule has 252 valence electrons. The van der Waals surface area contributed by atoms with E-state index in [1.165, 1.54) is 110 Å². The van der Waals surface area contributed by atoms with Crippen LogP contribution in [-0.2, 0) is 25.7 Å². The maximum atomic E-state index is 2.39. The summed E-state index contributed by atoms with van der Waals surface area (Å²) in [6.07, 6.45) is 3.96. The van der Waals surface area contributed by atoms with Crippen LogP contribution >= 0.6 is 0 Å². The second-order valence-electron chi connectivity index (χ2n) is 14.8. The number of aryl methyl sites for hydroxylation is 4. The average Bonchev–Trinajstić information content (AvgIpc) is 3.20. The van der Waals surface area contributed by atoms with Crippen molar-refractivity contribution in [3.05, 3.63) is 190 Å². The van der Waals surface area contributed by atoms with Crippen molar-refractivity contribution >= 4 is 65.4 Å². The van der Waals surface area contributed by atoms with Crippen molar-refractivity contribution in [1.29, 1.82) is 0 Å². The fraction of sp³-hybridized carbons (Fsp3) is 0.154. The van der Waals surface area contributed by atoms with Gasteiger partial charge in [-0.05, 0) is 163 Å². The molecular formula is C52H44. The van der Waals surface area contributed by atoms with Crippen LogP contribution in [0.2, 0.25) is 0 Å². The SMILES string of the molecule is C/C1=C(\C)c2ccc(c3ccccc23)CCc2ccc(c3ccccc23)/C(C)=C(/C)c2ccc(c3ccccc23)CCc2ccc1c1ccccc21. The fourth-order valence-corrected chi connectivity index (χ4v) is 8.97. The number of rotatable bonds is 0. The molecule has 0 unspecified atom stereocenters. The van der Waals surface area contributed by atoms with Crippen molar-refractivity contribution in [2.45, 2.75) is 53.4 Å². The zero-order valence-corrected chi connectivity index (χ0v) is 30.7. The standard InChI is InChI=1S/C52H44/c1-33-34(2)42-30-26-38(46-14-6-10-18-50(42)46)23-24-40-28-32-44(52-20-12-8-16-48(40)52)36(4)35(3)43-31-27-39(47-15-7-11-19-51(43)47)22-21-37-25-29-41(33)49-17-9-5-13-45(37)49/h5-20,25-32H,21-24H2,1-4H3/b34-33-,36-35-. The van der Waals surface area contributed by atoms with Gasteiger partial charge >= 0.3 is 0 Å². The zero-order valence-electron chi connectivity index (χ0n) is 30.7. The van der Waals surface area contributed by atoms with Crippen LogP contribution in [0.3, 0.4) is 0 Å². The Morgan fingerprint density at radius 2 is 0.423 bits per heavy atom. The lowest BCUT2D eigenvalue weighted by molar-refractivity contribution is 0.978. The predicted octanol–water partition coefficient (Wildman–Crippen LogP) is 14.1. The van der Waals surface area contributed by atoms with Crippen molar-refractivity contribution in [3.8, 4) is 0 Å². The number of allylic oxidation sites excluding steroid dienone is 4. The molecule has 0 saturated carbocycles. The molecule has 1 aliphatic rings. The van der Waals surface area contributed by atoms with Gasteiger partial charge in [-0.3, -0.25) is 0 Å².